The van der Waals surface area contributed by atoms with Crippen LogP contribution in [0.2, 0.25) is 5.15 Å². The monoisotopic (exact) mass is 321 g/mol. The summed E-state index contributed by atoms with van der Waals surface area (Å²) in [6.45, 7) is -0.597. The molecule has 114 valence electrons. The Morgan fingerprint density at radius 1 is 1.32 bits per heavy atom. The van der Waals surface area contributed by atoms with E-state index in [4.69, 9.17) is 16.3 Å². The summed E-state index contributed by atoms with van der Waals surface area (Å²) in [7, 11) is 1.67. The van der Waals surface area contributed by atoms with Gasteiger partial charge < -0.3 is 9.30 Å². The number of pyridine rings is 1. The molecular formula is C14H12ClN3O4. The number of imide groups is 1. The van der Waals surface area contributed by atoms with Gasteiger partial charge in [0.05, 0.1) is 5.56 Å². The lowest BCUT2D eigenvalue weighted by Crippen LogP contribution is -2.35. The number of nitrogens with one attached hydrogen (secondary N) is 1. The molecule has 0 bridgehead atoms. The van der Waals surface area contributed by atoms with Crippen LogP contribution in [0.3, 0.4) is 0 Å². The van der Waals surface area contributed by atoms with Gasteiger partial charge >= 0.3 is 5.97 Å². The highest BCUT2D eigenvalue weighted by Gasteiger charge is 2.16. The molecule has 2 heterocycles. The first-order valence-electron chi connectivity index (χ1n) is 6.22. The van der Waals surface area contributed by atoms with Crippen LogP contribution in [0.25, 0.3) is 0 Å². The summed E-state index contributed by atoms with van der Waals surface area (Å²) < 4.78 is 6.34. The molecule has 0 fully saturated rings. The van der Waals surface area contributed by atoms with Crippen molar-refractivity contribution in [2.24, 2.45) is 7.05 Å². The minimum atomic E-state index is -0.792. The van der Waals surface area contributed by atoms with Gasteiger partial charge in [0.25, 0.3) is 11.8 Å². The summed E-state index contributed by atoms with van der Waals surface area (Å²) in [5.41, 5.74) is 0.362. The van der Waals surface area contributed by atoms with Crippen LogP contribution < -0.4 is 5.32 Å². The van der Waals surface area contributed by atoms with Gasteiger partial charge in [-0.2, -0.15) is 0 Å². The number of rotatable bonds is 4. The number of carbonyl (C=O) groups excluding carboxylic acids is 3. The zero-order valence-corrected chi connectivity index (χ0v) is 12.3. The van der Waals surface area contributed by atoms with E-state index in [-0.39, 0.29) is 10.7 Å². The maximum absolute atomic E-state index is 11.8. The number of halogens is 1. The van der Waals surface area contributed by atoms with Gasteiger partial charge in [-0.3, -0.25) is 14.9 Å². The molecule has 0 unspecified atom stereocenters. The van der Waals surface area contributed by atoms with Crippen LogP contribution in [0.15, 0.2) is 36.7 Å². The van der Waals surface area contributed by atoms with Crippen molar-refractivity contribution in [1.29, 1.82) is 0 Å². The van der Waals surface area contributed by atoms with Gasteiger partial charge in [-0.05, 0) is 24.3 Å². The third kappa shape index (κ3) is 3.70. The average Bonchev–Trinajstić information content (AvgIpc) is 2.91. The van der Waals surface area contributed by atoms with E-state index in [1.807, 2.05) is 0 Å². The van der Waals surface area contributed by atoms with Crippen molar-refractivity contribution in [3.63, 3.8) is 0 Å². The lowest BCUT2D eigenvalue weighted by Gasteiger charge is -2.07. The zero-order valence-electron chi connectivity index (χ0n) is 11.6. The maximum atomic E-state index is 11.8. The predicted molar refractivity (Wildman–Crippen MR) is 77.4 cm³/mol. The van der Waals surface area contributed by atoms with Gasteiger partial charge in [-0.1, -0.05) is 11.6 Å². The Hall–Kier alpha value is -2.67. The second kappa shape index (κ2) is 6.86. The maximum Gasteiger partial charge on any atom is 0.341 e. The lowest BCUT2D eigenvalue weighted by molar-refractivity contribution is -0.123. The molecule has 2 rings (SSSR count). The minimum absolute atomic E-state index is 0.0206. The summed E-state index contributed by atoms with van der Waals surface area (Å²) in [6.07, 6.45) is 3.09. The van der Waals surface area contributed by atoms with Crippen molar-refractivity contribution < 1.29 is 19.1 Å². The Morgan fingerprint density at radius 2 is 2.09 bits per heavy atom. The van der Waals surface area contributed by atoms with Crippen molar-refractivity contribution in [2.45, 2.75) is 0 Å². The number of aromatic nitrogens is 2. The van der Waals surface area contributed by atoms with Crippen molar-refractivity contribution >= 4 is 29.4 Å². The lowest BCUT2D eigenvalue weighted by atomic mass is 10.3. The number of nitrogens with zero attached hydrogens (tertiary/aromatic N) is 2. The van der Waals surface area contributed by atoms with Gasteiger partial charge in [-0.15, -0.1) is 0 Å². The van der Waals surface area contributed by atoms with E-state index < -0.39 is 24.4 Å². The molecule has 0 saturated carbocycles. The smallest absolute Gasteiger partial charge is 0.341 e. The van der Waals surface area contributed by atoms with Crippen molar-refractivity contribution in [2.75, 3.05) is 6.61 Å². The summed E-state index contributed by atoms with van der Waals surface area (Å²) in [4.78, 5) is 38.8. The Bertz CT molecular complexity index is 726. The fourth-order valence-corrected chi connectivity index (χ4v) is 1.87. The van der Waals surface area contributed by atoms with Crippen LogP contribution in [0.4, 0.5) is 0 Å². The largest absolute Gasteiger partial charge is 0.452 e. The Labute approximate surface area is 130 Å². The quantitative estimate of drug-likeness (QED) is 0.674. The fraction of sp³-hybridized carbons (Fsp3) is 0.143. The molecule has 0 aliphatic heterocycles. The molecule has 0 aliphatic rings. The van der Waals surface area contributed by atoms with E-state index >= 15 is 0 Å². The van der Waals surface area contributed by atoms with E-state index in [2.05, 4.69) is 10.3 Å². The number of ether oxygens (including phenoxy) is 1. The molecule has 2 aromatic heterocycles. The average molecular weight is 322 g/mol. The number of amides is 2. The molecule has 2 aromatic rings. The van der Waals surface area contributed by atoms with Crippen LogP contribution in [-0.2, 0) is 16.6 Å². The topological polar surface area (TPSA) is 90.3 Å². The number of hydrogen-bond acceptors (Lipinski definition) is 5. The van der Waals surface area contributed by atoms with Crippen LogP contribution >= 0.6 is 11.6 Å². The van der Waals surface area contributed by atoms with Crippen molar-refractivity contribution in [3.05, 3.63) is 53.1 Å². The summed E-state index contributed by atoms with van der Waals surface area (Å²) in [5.74, 6) is -2.10. The molecule has 0 aliphatic carbocycles. The van der Waals surface area contributed by atoms with Crippen molar-refractivity contribution in [1.82, 2.24) is 14.9 Å². The number of hydrogen-bond donors (Lipinski definition) is 1. The molecule has 22 heavy (non-hydrogen) atoms. The van der Waals surface area contributed by atoms with E-state index in [1.54, 1.807) is 29.9 Å². The molecule has 0 aromatic carbocycles. The summed E-state index contributed by atoms with van der Waals surface area (Å²) in [6, 6.07) is 6.17. The Morgan fingerprint density at radius 3 is 2.73 bits per heavy atom. The van der Waals surface area contributed by atoms with Gasteiger partial charge in [0.15, 0.2) is 6.61 Å². The first-order chi connectivity index (χ1) is 10.5. The number of aryl methyl sites for hydroxylation is 1. The van der Waals surface area contributed by atoms with Gasteiger partial charge in [0.1, 0.15) is 10.8 Å². The summed E-state index contributed by atoms with van der Waals surface area (Å²) in [5, 5.41) is 2.10. The first kappa shape index (κ1) is 15.7. The molecule has 0 saturated heterocycles. The second-order valence-corrected chi connectivity index (χ2v) is 4.66. The highest BCUT2D eigenvalue weighted by molar-refractivity contribution is 6.32. The standard InChI is InChI=1S/C14H12ClN3O4/c1-18-7-3-5-10(18)13(20)17-11(19)8-22-14(21)9-4-2-6-16-12(9)15/h2-7H,8H2,1H3,(H,17,19,20). The number of esters is 1. The second-order valence-electron chi connectivity index (χ2n) is 4.30. The molecule has 7 nitrogen and oxygen atoms in total. The van der Waals surface area contributed by atoms with Crippen LogP contribution in [0.1, 0.15) is 20.8 Å². The van der Waals surface area contributed by atoms with Gasteiger partial charge in [-0.25, -0.2) is 9.78 Å². The first-order valence-corrected chi connectivity index (χ1v) is 6.60. The Balaban J connectivity index is 1.88. The highest BCUT2D eigenvalue weighted by Crippen LogP contribution is 2.12. The normalized spacial score (nSPS) is 10.1. The van der Waals surface area contributed by atoms with Gasteiger partial charge in [0, 0.05) is 19.4 Å². The van der Waals surface area contributed by atoms with Crippen LogP contribution in [0.5, 0.6) is 0 Å². The predicted octanol–water partition coefficient (Wildman–Crippen LogP) is 1.19. The van der Waals surface area contributed by atoms with Crippen LogP contribution in [-0.4, -0.2) is 33.9 Å². The molecule has 8 heteroatoms. The van der Waals surface area contributed by atoms with E-state index in [0.717, 1.165) is 0 Å². The minimum Gasteiger partial charge on any atom is -0.452 e. The van der Waals surface area contributed by atoms with E-state index in [0.29, 0.717) is 5.69 Å². The zero-order chi connectivity index (χ0) is 16.1. The SMILES string of the molecule is Cn1cccc1C(=O)NC(=O)COC(=O)c1cccnc1Cl. The third-order valence-electron chi connectivity index (χ3n) is 2.74. The molecule has 0 spiro atoms. The molecular weight excluding hydrogens is 310 g/mol. The van der Waals surface area contributed by atoms with E-state index in [1.165, 1.54) is 18.3 Å². The van der Waals surface area contributed by atoms with E-state index in [9.17, 15) is 14.4 Å². The Kier molecular flexibility index (Phi) is 4.90. The summed E-state index contributed by atoms with van der Waals surface area (Å²) >= 11 is 5.73. The van der Waals surface area contributed by atoms with Gasteiger partial charge in [0.2, 0.25) is 0 Å². The van der Waals surface area contributed by atoms with Crippen LogP contribution in [0, 0.1) is 0 Å². The molecule has 0 radical (unpaired) electrons. The molecule has 1 N–H and O–H groups in total. The number of carbonyl (C=O) groups is 3. The van der Waals surface area contributed by atoms with Crippen molar-refractivity contribution in [3.8, 4) is 0 Å². The molecule has 2 amide bonds. The fourth-order valence-electron chi connectivity index (χ4n) is 1.67. The molecule has 0 atom stereocenters. The highest BCUT2D eigenvalue weighted by atomic mass is 35.5. The third-order valence-corrected chi connectivity index (χ3v) is 3.04.